The molecule has 4 rings (SSSR count). The summed E-state index contributed by atoms with van der Waals surface area (Å²) < 4.78 is 95.3. The first kappa shape index (κ1) is 30.4. The minimum Gasteiger partial charge on any atom is -0.263 e. The van der Waals surface area contributed by atoms with Gasteiger partial charge in [0.05, 0.1) is 32.5 Å². The van der Waals surface area contributed by atoms with E-state index in [9.17, 15) is 25.3 Å². The van der Waals surface area contributed by atoms with E-state index in [1.54, 1.807) is 36.4 Å². The van der Waals surface area contributed by atoms with Crippen LogP contribution in [-0.4, -0.2) is 43.1 Å². The second-order valence-corrected chi connectivity index (χ2v) is 15.1. The molecule has 0 saturated heterocycles. The Hall–Kier alpha value is -2.61. The van der Waals surface area contributed by atoms with Gasteiger partial charge in [-0.05, 0) is 64.1 Å². The van der Waals surface area contributed by atoms with E-state index in [0.29, 0.717) is 0 Å². The van der Waals surface area contributed by atoms with E-state index >= 15 is 0 Å². The average molecular weight is 609 g/mol. The van der Waals surface area contributed by atoms with Gasteiger partial charge in [-0.25, -0.2) is 0 Å². The highest BCUT2D eigenvalue weighted by atomic mass is 32.2. The van der Waals surface area contributed by atoms with Gasteiger partial charge in [0.1, 0.15) is 0 Å². The molecule has 0 spiro atoms. The zero-order valence-corrected chi connectivity index (χ0v) is 25.1. The van der Waals surface area contributed by atoms with Crippen molar-refractivity contribution in [1.29, 1.82) is 0 Å². The van der Waals surface area contributed by atoms with Crippen molar-refractivity contribution < 1.29 is 37.8 Å². The highest BCUT2D eigenvalue weighted by Gasteiger charge is 2.45. The highest BCUT2D eigenvalue weighted by Crippen LogP contribution is 2.39. The lowest BCUT2D eigenvalue weighted by Crippen LogP contribution is -2.47. The summed E-state index contributed by atoms with van der Waals surface area (Å²) in [6, 6.07) is 18.2. The monoisotopic (exact) mass is 608 g/mol. The summed E-state index contributed by atoms with van der Waals surface area (Å²) in [6.07, 6.45) is -2.67. The summed E-state index contributed by atoms with van der Waals surface area (Å²) in [7, 11) is -12.8. The molecule has 12 heteroatoms. The molecule has 3 aromatic rings. The van der Waals surface area contributed by atoms with E-state index in [2.05, 4.69) is 0 Å². The molecule has 9 nitrogen and oxygen atoms in total. The molecule has 1 aliphatic carbocycles. The van der Waals surface area contributed by atoms with Crippen LogP contribution in [0.2, 0.25) is 0 Å². The molecule has 0 heterocycles. The summed E-state index contributed by atoms with van der Waals surface area (Å²) in [5.41, 5.74) is 1.03. The molecule has 1 saturated carbocycles. The first-order chi connectivity index (χ1) is 18.6. The van der Waals surface area contributed by atoms with Crippen LogP contribution >= 0.6 is 0 Å². The summed E-state index contributed by atoms with van der Waals surface area (Å²) in [5.74, 6) is 0. The lowest BCUT2D eigenvalue weighted by atomic mass is 9.83. The summed E-state index contributed by atoms with van der Waals surface area (Å²) in [6.45, 7) is 6.91. The van der Waals surface area contributed by atoms with Crippen LogP contribution in [0.15, 0.2) is 87.5 Å². The Labute approximate surface area is 236 Å². The van der Waals surface area contributed by atoms with Crippen LogP contribution in [0.25, 0.3) is 0 Å². The molecule has 0 aromatic heterocycles. The van der Waals surface area contributed by atoms with Crippen molar-refractivity contribution >= 4 is 30.4 Å². The third kappa shape index (κ3) is 7.36. The minimum absolute atomic E-state index is 0.0803. The molecule has 0 radical (unpaired) electrons. The van der Waals surface area contributed by atoms with E-state index in [0.717, 1.165) is 16.7 Å². The first-order valence-electron chi connectivity index (χ1n) is 12.6. The maximum atomic E-state index is 13.2. The second-order valence-electron chi connectivity index (χ2n) is 10.4. The van der Waals surface area contributed by atoms with Crippen molar-refractivity contribution in [2.24, 2.45) is 0 Å². The fourth-order valence-electron chi connectivity index (χ4n) is 4.62. The van der Waals surface area contributed by atoms with Gasteiger partial charge in [0, 0.05) is 19.3 Å². The molecule has 3 aromatic carbocycles. The van der Waals surface area contributed by atoms with Crippen molar-refractivity contribution in [3.05, 3.63) is 89.5 Å². The molecule has 1 aliphatic rings. The Morgan fingerprint density at radius 3 is 1.18 bits per heavy atom. The van der Waals surface area contributed by atoms with Crippen molar-refractivity contribution in [2.45, 2.75) is 79.5 Å². The van der Waals surface area contributed by atoms with E-state index in [1.165, 1.54) is 43.3 Å². The Kier molecular flexibility index (Phi) is 8.61. The number of hydrogen-bond donors (Lipinski definition) is 0. The maximum Gasteiger partial charge on any atom is 0.297 e. The van der Waals surface area contributed by atoms with Crippen LogP contribution in [-0.2, 0) is 42.9 Å². The van der Waals surface area contributed by atoms with Crippen molar-refractivity contribution in [3.8, 4) is 0 Å². The molecule has 2 unspecified atom stereocenters. The third-order valence-corrected chi connectivity index (χ3v) is 10.8. The van der Waals surface area contributed by atoms with Gasteiger partial charge in [0.15, 0.2) is 0 Å². The summed E-state index contributed by atoms with van der Waals surface area (Å²) in [5, 5.41) is 0. The van der Waals surface area contributed by atoms with Crippen LogP contribution in [0.5, 0.6) is 0 Å². The van der Waals surface area contributed by atoms with Gasteiger partial charge >= 0.3 is 0 Å². The number of hydrogen-bond acceptors (Lipinski definition) is 9. The Morgan fingerprint density at radius 1 is 0.550 bits per heavy atom. The van der Waals surface area contributed by atoms with Crippen molar-refractivity contribution in [2.75, 3.05) is 0 Å². The van der Waals surface area contributed by atoms with Crippen molar-refractivity contribution in [1.82, 2.24) is 0 Å². The lowest BCUT2D eigenvalue weighted by Gasteiger charge is -2.40. The van der Waals surface area contributed by atoms with Gasteiger partial charge in [-0.2, -0.15) is 25.3 Å². The normalized spacial score (nSPS) is 22.2. The lowest BCUT2D eigenvalue weighted by molar-refractivity contribution is -0.0432. The number of aryl methyl sites for hydroxylation is 3. The van der Waals surface area contributed by atoms with Crippen LogP contribution in [0, 0.1) is 20.8 Å². The van der Waals surface area contributed by atoms with Gasteiger partial charge in [-0.1, -0.05) is 53.1 Å². The number of benzene rings is 3. The maximum absolute atomic E-state index is 13.2. The second kappa shape index (κ2) is 11.3. The molecule has 2 atom stereocenters. The molecule has 1 fully saturated rings. The van der Waals surface area contributed by atoms with Gasteiger partial charge in [0.25, 0.3) is 30.4 Å². The zero-order valence-electron chi connectivity index (χ0n) is 22.6. The fourth-order valence-corrected chi connectivity index (χ4v) is 8.02. The highest BCUT2D eigenvalue weighted by molar-refractivity contribution is 7.87. The average Bonchev–Trinajstić information content (AvgIpc) is 2.83. The molecule has 0 aliphatic heterocycles. The molecule has 0 N–H and O–H groups in total. The van der Waals surface area contributed by atoms with Crippen LogP contribution in [0.3, 0.4) is 0 Å². The Bertz CT molecular complexity index is 1580. The van der Waals surface area contributed by atoms with Gasteiger partial charge in [-0.15, -0.1) is 0 Å². The van der Waals surface area contributed by atoms with E-state index < -0.39 is 48.2 Å². The topological polar surface area (TPSA) is 130 Å². The van der Waals surface area contributed by atoms with Crippen LogP contribution in [0.4, 0.5) is 0 Å². The van der Waals surface area contributed by atoms with Crippen molar-refractivity contribution in [3.63, 3.8) is 0 Å². The fraction of sp³-hybridized carbons (Fsp3) is 0.357. The molecule has 0 amide bonds. The van der Waals surface area contributed by atoms with E-state index in [4.69, 9.17) is 12.5 Å². The van der Waals surface area contributed by atoms with Gasteiger partial charge in [-0.3, -0.25) is 12.5 Å². The Morgan fingerprint density at radius 2 is 0.850 bits per heavy atom. The molecule has 216 valence electrons. The van der Waals surface area contributed by atoms with E-state index in [1.807, 2.05) is 20.8 Å². The first-order valence-corrected chi connectivity index (χ1v) is 16.8. The smallest absolute Gasteiger partial charge is 0.263 e. The summed E-state index contributed by atoms with van der Waals surface area (Å²) in [4.78, 5) is -0.244. The Balaban J connectivity index is 1.64. The molecule has 0 bridgehead atoms. The predicted molar refractivity (Wildman–Crippen MR) is 148 cm³/mol. The van der Waals surface area contributed by atoms with E-state index in [-0.39, 0.29) is 33.9 Å². The number of rotatable bonds is 9. The standard InChI is InChI=1S/C28H32O9S3/c1-20-5-11-25(12-6-20)38(29,30)35-23-17-24(36-39(31,32)26-13-7-21(2)8-14-26)19-28(4,18-23)37-40(33,34)27-15-9-22(3)10-16-27/h5-16,23-24H,17-19H2,1-4H3. The predicted octanol–water partition coefficient (Wildman–Crippen LogP) is 4.81. The zero-order chi connectivity index (χ0) is 29.3. The largest absolute Gasteiger partial charge is 0.297 e. The van der Waals surface area contributed by atoms with Crippen LogP contribution in [0.1, 0.15) is 42.9 Å². The molecular formula is C28H32O9S3. The molecule has 40 heavy (non-hydrogen) atoms. The third-order valence-electron chi connectivity index (χ3n) is 6.61. The van der Waals surface area contributed by atoms with Gasteiger partial charge < -0.3 is 0 Å². The quantitative estimate of drug-likeness (QED) is 0.314. The minimum atomic E-state index is -4.29. The SMILES string of the molecule is Cc1ccc(S(=O)(=O)OC2CC(OS(=O)(=O)c3ccc(C)cc3)CC(C)(OS(=O)(=O)c3ccc(C)cc3)C2)cc1. The molecular weight excluding hydrogens is 577 g/mol. The van der Waals surface area contributed by atoms with Gasteiger partial charge in [0.2, 0.25) is 0 Å². The summed E-state index contributed by atoms with van der Waals surface area (Å²) >= 11 is 0. The van der Waals surface area contributed by atoms with Crippen LogP contribution < -0.4 is 0 Å².